The molecule has 0 aliphatic heterocycles. The molecule has 0 saturated heterocycles. The highest BCUT2D eigenvalue weighted by molar-refractivity contribution is 6.31. The van der Waals surface area contributed by atoms with E-state index in [4.69, 9.17) is 16.3 Å². The zero-order valence-corrected chi connectivity index (χ0v) is 17.8. The Balaban J connectivity index is 2.29. The highest BCUT2D eigenvalue weighted by Gasteiger charge is 2.27. The molecule has 2 amide bonds. The number of methoxy groups -OCH3 is 1. The number of rotatable bonds is 8. The van der Waals surface area contributed by atoms with Crippen molar-refractivity contribution >= 4 is 23.4 Å². The number of carbonyl (C=O) groups is 2. The zero-order valence-electron chi connectivity index (χ0n) is 17.0. The zero-order chi connectivity index (χ0) is 21.6. The van der Waals surface area contributed by atoms with Gasteiger partial charge in [-0.25, -0.2) is 4.39 Å². The molecule has 0 fully saturated rings. The van der Waals surface area contributed by atoms with E-state index in [0.29, 0.717) is 5.75 Å². The normalized spacial score (nSPS) is 11.8. The molecule has 0 bridgehead atoms. The Kier molecular flexibility index (Phi) is 8.02. The van der Waals surface area contributed by atoms with Gasteiger partial charge in [0.15, 0.2) is 0 Å². The number of benzene rings is 2. The molecular formula is C22H26ClFN2O3. The van der Waals surface area contributed by atoms with Crippen molar-refractivity contribution in [1.82, 2.24) is 10.2 Å². The molecule has 156 valence electrons. The van der Waals surface area contributed by atoms with Gasteiger partial charge in [-0.3, -0.25) is 9.59 Å². The second-order valence-electron chi connectivity index (χ2n) is 7.09. The predicted octanol–water partition coefficient (Wildman–Crippen LogP) is 3.97. The van der Waals surface area contributed by atoms with Crippen LogP contribution in [0.1, 0.15) is 31.9 Å². The van der Waals surface area contributed by atoms with Crippen LogP contribution >= 0.6 is 11.6 Å². The summed E-state index contributed by atoms with van der Waals surface area (Å²) in [6.07, 6.45) is -0.235. The Labute approximate surface area is 175 Å². The van der Waals surface area contributed by atoms with Gasteiger partial charge in [0.2, 0.25) is 11.8 Å². The minimum atomic E-state index is -0.738. The van der Waals surface area contributed by atoms with Crippen LogP contribution in [0.5, 0.6) is 5.75 Å². The number of ether oxygens (including phenoxy) is 1. The Bertz CT molecular complexity index is 835. The number of carbonyl (C=O) groups excluding carboxylic acids is 2. The van der Waals surface area contributed by atoms with Crippen LogP contribution in [0.25, 0.3) is 0 Å². The van der Waals surface area contributed by atoms with Crippen molar-refractivity contribution in [2.45, 2.75) is 45.8 Å². The standard InChI is InChI=1S/C22H26ClFN2O3/c1-14(2)25-22(28)15(3)26(13-16-8-10-17(29-4)11-9-16)21(27)12-18-19(23)6-5-7-20(18)24/h5-11,14-15H,12-13H2,1-4H3,(H,25,28). The summed E-state index contributed by atoms with van der Waals surface area (Å²) in [5.41, 5.74) is 0.943. The van der Waals surface area contributed by atoms with Crippen molar-refractivity contribution in [2.75, 3.05) is 7.11 Å². The fourth-order valence-electron chi connectivity index (χ4n) is 2.87. The molecule has 1 atom stereocenters. The number of amides is 2. The predicted molar refractivity (Wildman–Crippen MR) is 111 cm³/mol. The second-order valence-corrected chi connectivity index (χ2v) is 7.49. The summed E-state index contributed by atoms with van der Waals surface area (Å²) in [7, 11) is 1.57. The molecule has 1 N–H and O–H groups in total. The summed E-state index contributed by atoms with van der Waals surface area (Å²) < 4.78 is 19.3. The van der Waals surface area contributed by atoms with Crippen LogP contribution in [0.15, 0.2) is 42.5 Å². The maximum Gasteiger partial charge on any atom is 0.242 e. The van der Waals surface area contributed by atoms with Crippen LogP contribution in [0.4, 0.5) is 4.39 Å². The fraction of sp³-hybridized carbons (Fsp3) is 0.364. The van der Waals surface area contributed by atoms with Gasteiger partial charge >= 0.3 is 0 Å². The molecule has 5 nitrogen and oxygen atoms in total. The quantitative estimate of drug-likeness (QED) is 0.702. The molecule has 7 heteroatoms. The van der Waals surface area contributed by atoms with Crippen LogP contribution in [-0.2, 0) is 22.6 Å². The lowest BCUT2D eigenvalue weighted by atomic mass is 10.1. The Morgan fingerprint density at radius 2 is 1.79 bits per heavy atom. The number of hydrogen-bond donors (Lipinski definition) is 1. The Morgan fingerprint density at radius 3 is 2.34 bits per heavy atom. The lowest BCUT2D eigenvalue weighted by Gasteiger charge is -2.29. The van der Waals surface area contributed by atoms with Gasteiger partial charge in [0.05, 0.1) is 13.5 Å². The summed E-state index contributed by atoms with van der Waals surface area (Å²) in [4.78, 5) is 27.1. The van der Waals surface area contributed by atoms with Crippen molar-refractivity contribution in [1.29, 1.82) is 0 Å². The molecule has 2 aromatic carbocycles. The average molecular weight is 421 g/mol. The fourth-order valence-corrected chi connectivity index (χ4v) is 3.10. The Hall–Kier alpha value is -2.60. The first-order valence-corrected chi connectivity index (χ1v) is 9.76. The average Bonchev–Trinajstić information content (AvgIpc) is 2.68. The lowest BCUT2D eigenvalue weighted by Crippen LogP contribution is -2.49. The van der Waals surface area contributed by atoms with Gasteiger partial charge in [0, 0.05) is 23.2 Å². The molecule has 0 radical (unpaired) electrons. The molecule has 0 aliphatic rings. The van der Waals surface area contributed by atoms with Crippen LogP contribution in [-0.4, -0.2) is 35.9 Å². The van der Waals surface area contributed by atoms with E-state index in [-0.39, 0.29) is 41.4 Å². The summed E-state index contributed by atoms with van der Waals surface area (Å²) in [5, 5.41) is 3.00. The van der Waals surface area contributed by atoms with Crippen molar-refractivity contribution in [2.24, 2.45) is 0 Å². The lowest BCUT2D eigenvalue weighted by molar-refractivity contribution is -0.140. The monoisotopic (exact) mass is 420 g/mol. The molecule has 29 heavy (non-hydrogen) atoms. The number of halogens is 2. The SMILES string of the molecule is COc1ccc(CN(C(=O)Cc2c(F)cccc2Cl)C(C)C(=O)NC(C)C)cc1. The van der Waals surface area contributed by atoms with Crippen molar-refractivity contribution < 1.29 is 18.7 Å². The van der Waals surface area contributed by atoms with Gasteiger partial charge in [-0.15, -0.1) is 0 Å². The third kappa shape index (κ3) is 6.19. The first-order chi connectivity index (χ1) is 13.7. The molecular weight excluding hydrogens is 395 g/mol. The molecule has 0 aliphatic carbocycles. The van der Waals surface area contributed by atoms with Crippen LogP contribution in [0.2, 0.25) is 5.02 Å². The van der Waals surface area contributed by atoms with E-state index in [2.05, 4.69) is 5.32 Å². The molecule has 1 unspecified atom stereocenters. The van der Waals surface area contributed by atoms with E-state index < -0.39 is 11.9 Å². The third-order valence-corrected chi connectivity index (χ3v) is 4.85. The molecule has 2 aromatic rings. The van der Waals surface area contributed by atoms with Gasteiger partial charge in [-0.2, -0.15) is 0 Å². The third-order valence-electron chi connectivity index (χ3n) is 4.50. The van der Waals surface area contributed by atoms with Gasteiger partial charge in [-0.1, -0.05) is 29.8 Å². The molecule has 0 aromatic heterocycles. The first kappa shape index (κ1) is 22.7. The van der Waals surface area contributed by atoms with E-state index in [0.717, 1.165) is 5.56 Å². The van der Waals surface area contributed by atoms with E-state index in [1.807, 2.05) is 26.0 Å². The minimum Gasteiger partial charge on any atom is -0.497 e. The smallest absolute Gasteiger partial charge is 0.242 e. The van der Waals surface area contributed by atoms with Crippen LogP contribution in [0, 0.1) is 5.82 Å². The summed E-state index contributed by atoms with van der Waals surface area (Å²) >= 11 is 6.08. The van der Waals surface area contributed by atoms with Crippen molar-refractivity contribution in [3.8, 4) is 5.75 Å². The number of hydrogen-bond acceptors (Lipinski definition) is 3. The van der Waals surface area contributed by atoms with E-state index in [9.17, 15) is 14.0 Å². The minimum absolute atomic E-state index is 0.0658. The van der Waals surface area contributed by atoms with E-state index >= 15 is 0 Å². The largest absolute Gasteiger partial charge is 0.497 e. The topological polar surface area (TPSA) is 58.6 Å². The van der Waals surface area contributed by atoms with Crippen LogP contribution in [0.3, 0.4) is 0 Å². The van der Waals surface area contributed by atoms with Crippen LogP contribution < -0.4 is 10.1 Å². The van der Waals surface area contributed by atoms with Gasteiger partial charge in [0.25, 0.3) is 0 Å². The first-order valence-electron chi connectivity index (χ1n) is 9.38. The highest BCUT2D eigenvalue weighted by Crippen LogP contribution is 2.22. The Morgan fingerprint density at radius 1 is 1.14 bits per heavy atom. The summed E-state index contributed by atoms with van der Waals surface area (Å²) in [6, 6.07) is 10.7. The summed E-state index contributed by atoms with van der Waals surface area (Å²) in [6.45, 7) is 5.54. The summed E-state index contributed by atoms with van der Waals surface area (Å²) in [5.74, 6) is -0.523. The van der Waals surface area contributed by atoms with Gasteiger partial charge < -0.3 is 15.0 Å². The number of nitrogens with zero attached hydrogens (tertiary/aromatic N) is 1. The maximum absolute atomic E-state index is 14.2. The van der Waals surface area contributed by atoms with Gasteiger partial charge in [-0.05, 0) is 50.6 Å². The van der Waals surface area contributed by atoms with Crippen molar-refractivity contribution in [3.05, 3.63) is 64.4 Å². The maximum atomic E-state index is 14.2. The highest BCUT2D eigenvalue weighted by atomic mass is 35.5. The number of nitrogens with one attached hydrogen (secondary N) is 1. The molecule has 0 spiro atoms. The van der Waals surface area contributed by atoms with Crippen molar-refractivity contribution in [3.63, 3.8) is 0 Å². The van der Waals surface area contributed by atoms with Gasteiger partial charge in [0.1, 0.15) is 17.6 Å². The van der Waals surface area contributed by atoms with E-state index in [1.165, 1.54) is 23.1 Å². The molecule has 2 rings (SSSR count). The molecule has 0 saturated carbocycles. The van der Waals surface area contributed by atoms with E-state index in [1.54, 1.807) is 26.2 Å². The second kappa shape index (κ2) is 10.3. The molecule has 0 heterocycles.